The molecule has 0 aliphatic heterocycles. The summed E-state index contributed by atoms with van der Waals surface area (Å²) in [6.45, 7) is -0.243. The minimum absolute atomic E-state index is 0.0550. The number of Topliss-reactive ketones (excluding diaryl/α,β-unsaturated/α-hetero) is 1. The zero-order valence-corrected chi connectivity index (χ0v) is 19.6. The number of carbonyl (C=O) groups is 3. The molecule has 172 valence electrons. The van der Waals surface area contributed by atoms with Crippen molar-refractivity contribution in [1.29, 1.82) is 0 Å². The van der Waals surface area contributed by atoms with E-state index in [1.165, 1.54) is 16.4 Å². The molecular formula is C22H20Cl2N4O4S. The Morgan fingerprint density at radius 3 is 2.42 bits per heavy atom. The highest BCUT2D eigenvalue weighted by Gasteiger charge is 2.24. The predicted octanol–water partition coefficient (Wildman–Crippen LogP) is 3.50. The van der Waals surface area contributed by atoms with Crippen LogP contribution >= 0.6 is 35.0 Å². The Bertz CT molecular complexity index is 1120. The second-order valence-electron chi connectivity index (χ2n) is 7.07. The van der Waals surface area contributed by atoms with Crippen molar-refractivity contribution in [1.82, 2.24) is 20.3 Å². The molecule has 3 aromatic rings. The van der Waals surface area contributed by atoms with Gasteiger partial charge in [0.15, 0.2) is 5.78 Å². The first-order chi connectivity index (χ1) is 15.8. The number of hydrogen-bond acceptors (Lipinski definition) is 6. The summed E-state index contributed by atoms with van der Waals surface area (Å²) in [6, 6.07) is 13.3. The number of rotatable bonds is 11. The monoisotopic (exact) mass is 506 g/mol. The lowest BCUT2D eigenvalue weighted by atomic mass is 10.1. The van der Waals surface area contributed by atoms with Crippen molar-refractivity contribution in [2.75, 3.05) is 5.75 Å². The number of carboxylic acids is 1. The van der Waals surface area contributed by atoms with E-state index in [-0.39, 0.29) is 12.3 Å². The lowest BCUT2D eigenvalue weighted by Crippen LogP contribution is -2.44. The van der Waals surface area contributed by atoms with Gasteiger partial charge in [0.2, 0.25) is 5.91 Å². The maximum absolute atomic E-state index is 12.7. The van der Waals surface area contributed by atoms with Gasteiger partial charge in [-0.05, 0) is 29.8 Å². The minimum Gasteiger partial charge on any atom is -0.481 e. The normalized spacial score (nSPS) is 11.7. The molecule has 0 spiro atoms. The number of nitrogens with one attached hydrogen (secondary N) is 1. The molecule has 1 atom stereocenters. The van der Waals surface area contributed by atoms with Crippen LogP contribution in [-0.2, 0) is 27.3 Å². The molecule has 1 unspecified atom stereocenters. The highest BCUT2D eigenvalue weighted by molar-refractivity contribution is 8.00. The quantitative estimate of drug-likeness (QED) is 0.382. The average molecular weight is 507 g/mol. The summed E-state index contributed by atoms with van der Waals surface area (Å²) < 4.78 is 1.29. The highest BCUT2D eigenvalue weighted by atomic mass is 35.5. The lowest BCUT2D eigenvalue weighted by molar-refractivity contribution is -0.140. The molecule has 33 heavy (non-hydrogen) atoms. The van der Waals surface area contributed by atoms with Gasteiger partial charge in [-0.2, -0.15) is 0 Å². The fraction of sp³-hybridized carbons (Fsp3) is 0.227. The Morgan fingerprint density at radius 1 is 1.06 bits per heavy atom. The number of benzene rings is 2. The van der Waals surface area contributed by atoms with E-state index in [1.54, 1.807) is 24.4 Å². The minimum atomic E-state index is -1.20. The van der Waals surface area contributed by atoms with E-state index in [1.807, 2.05) is 30.3 Å². The van der Waals surface area contributed by atoms with E-state index >= 15 is 0 Å². The summed E-state index contributed by atoms with van der Waals surface area (Å²) in [4.78, 5) is 37.1. The van der Waals surface area contributed by atoms with Gasteiger partial charge < -0.3 is 10.4 Å². The third kappa shape index (κ3) is 7.59. The first-order valence-corrected chi connectivity index (χ1v) is 11.6. The molecule has 11 heteroatoms. The molecule has 1 amide bonds. The van der Waals surface area contributed by atoms with E-state index in [9.17, 15) is 19.5 Å². The number of aliphatic carboxylic acids is 1. The van der Waals surface area contributed by atoms with Crippen LogP contribution in [0.25, 0.3) is 0 Å². The highest BCUT2D eigenvalue weighted by Crippen LogP contribution is 2.26. The van der Waals surface area contributed by atoms with E-state index in [4.69, 9.17) is 23.2 Å². The van der Waals surface area contributed by atoms with Crippen LogP contribution in [0, 0.1) is 0 Å². The molecule has 0 fully saturated rings. The molecular weight excluding hydrogens is 487 g/mol. The Morgan fingerprint density at radius 2 is 1.76 bits per heavy atom. The first-order valence-electron chi connectivity index (χ1n) is 9.85. The number of hydrogen-bond donors (Lipinski definition) is 2. The molecule has 0 bridgehead atoms. The summed E-state index contributed by atoms with van der Waals surface area (Å²) in [7, 11) is 0. The molecule has 2 aromatic carbocycles. The SMILES string of the molecule is O=C(O)CC(NC(=O)CSc1ccccc1)C(=O)Cn1cc(Cc2c(Cl)cccc2Cl)nn1. The summed E-state index contributed by atoms with van der Waals surface area (Å²) in [5.41, 5.74) is 1.22. The molecule has 3 rings (SSSR count). The number of thioether (sulfide) groups is 1. The lowest BCUT2D eigenvalue weighted by Gasteiger charge is -2.15. The zero-order chi connectivity index (χ0) is 23.8. The van der Waals surface area contributed by atoms with Gasteiger partial charge in [-0.1, -0.05) is 52.7 Å². The molecule has 0 aliphatic rings. The molecule has 1 aromatic heterocycles. The van der Waals surface area contributed by atoms with E-state index in [2.05, 4.69) is 15.6 Å². The second-order valence-corrected chi connectivity index (χ2v) is 8.93. The summed E-state index contributed by atoms with van der Waals surface area (Å²) in [5.74, 6) is -2.07. The van der Waals surface area contributed by atoms with Crippen molar-refractivity contribution in [3.05, 3.63) is 76.0 Å². The number of ketones is 1. The first kappa shape index (κ1) is 24.8. The predicted molar refractivity (Wildman–Crippen MR) is 126 cm³/mol. The van der Waals surface area contributed by atoms with Gasteiger partial charge in [-0.3, -0.25) is 14.4 Å². The standard InChI is InChI=1S/C22H20Cl2N4O4S/c23-17-7-4-8-18(24)16(17)9-14-11-28(27-26-14)12-20(29)19(10-22(31)32)25-21(30)13-33-15-5-2-1-3-6-15/h1-8,11,19H,9-10,12-13H2,(H,25,30)(H,31,32). The number of carboxylic acid groups (broad SMARTS) is 1. The molecule has 0 saturated carbocycles. The molecule has 0 aliphatic carbocycles. The maximum Gasteiger partial charge on any atom is 0.305 e. The Hall–Kier alpha value is -2.88. The van der Waals surface area contributed by atoms with E-state index < -0.39 is 30.1 Å². The van der Waals surface area contributed by atoms with E-state index in [0.717, 1.165) is 4.90 Å². The van der Waals surface area contributed by atoms with Crippen LogP contribution < -0.4 is 5.32 Å². The van der Waals surface area contributed by atoms with Crippen molar-refractivity contribution >= 4 is 52.6 Å². The fourth-order valence-electron chi connectivity index (χ4n) is 2.97. The van der Waals surface area contributed by atoms with Gasteiger partial charge in [0.05, 0.1) is 23.9 Å². The number of aromatic nitrogens is 3. The zero-order valence-electron chi connectivity index (χ0n) is 17.3. The van der Waals surface area contributed by atoms with Gasteiger partial charge in [-0.25, -0.2) is 4.68 Å². The molecule has 0 saturated heterocycles. The van der Waals surface area contributed by atoms with Crippen LogP contribution in [0.5, 0.6) is 0 Å². The van der Waals surface area contributed by atoms with Crippen LogP contribution in [-0.4, -0.2) is 49.6 Å². The van der Waals surface area contributed by atoms with Crippen LogP contribution in [0.1, 0.15) is 17.7 Å². The van der Waals surface area contributed by atoms with Crippen LogP contribution in [0.2, 0.25) is 10.0 Å². The van der Waals surface area contributed by atoms with Crippen molar-refractivity contribution < 1.29 is 19.5 Å². The Kier molecular flexibility index (Phi) is 8.87. The van der Waals surface area contributed by atoms with Crippen LogP contribution in [0.3, 0.4) is 0 Å². The van der Waals surface area contributed by atoms with Crippen molar-refractivity contribution in [3.63, 3.8) is 0 Å². The average Bonchev–Trinajstić information content (AvgIpc) is 3.22. The Balaban J connectivity index is 1.60. The molecule has 0 radical (unpaired) electrons. The summed E-state index contributed by atoms with van der Waals surface area (Å²) in [6.07, 6.45) is 1.35. The second kappa shape index (κ2) is 11.8. The fourth-order valence-corrected chi connectivity index (χ4v) is 4.23. The third-order valence-electron chi connectivity index (χ3n) is 4.54. The smallest absolute Gasteiger partial charge is 0.305 e. The van der Waals surface area contributed by atoms with Crippen molar-refractivity contribution in [3.8, 4) is 0 Å². The van der Waals surface area contributed by atoms with Crippen LogP contribution in [0.15, 0.2) is 59.6 Å². The van der Waals surface area contributed by atoms with Crippen molar-refractivity contribution in [2.45, 2.75) is 30.3 Å². The number of carbonyl (C=O) groups excluding carboxylic acids is 2. The molecule has 2 N–H and O–H groups in total. The molecule has 1 heterocycles. The van der Waals surface area contributed by atoms with Gasteiger partial charge >= 0.3 is 5.97 Å². The van der Waals surface area contributed by atoms with Gasteiger partial charge in [-0.15, -0.1) is 16.9 Å². The van der Waals surface area contributed by atoms with Gasteiger partial charge in [0.25, 0.3) is 0 Å². The van der Waals surface area contributed by atoms with Crippen molar-refractivity contribution in [2.24, 2.45) is 0 Å². The molecule has 8 nitrogen and oxygen atoms in total. The number of nitrogens with zero attached hydrogens (tertiary/aromatic N) is 3. The maximum atomic E-state index is 12.7. The van der Waals surface area contributed by atoms with Gasteiger partial charge in [0, 0.05) is 27.6 Å². The van der Waals surface area contributed by atoms with E-state index in [0.29, 0.717) is 27.7 Å². The van der Waals surface area contributed by atoms with Gasteiger partial charge in [0.1, 0.15) is 6.54 Å². The number of halogens is 2. The van der Waals surface area contributed by atoms with Crippen LogP contribution in [0.4, 0.5) is 0 Å². The largest absolute Gasteiger partial charge is 0.481 e. The Labute approximate surface area is 204 Å². The third-order valence-corrected chi connectivity index (χ3v) is 6.26. The summed E-state index contributed by atoms with van der Waals surface area (Å²) >= 11 is 13.7. The topological polar surface area (TPSA) is 114 Å². The number of amides is 1. The summed E-state index contributed by atoms with van der Waals surface area (Å²) in [5, 5.41) is 20.6.